The van der Waals surface area contributed by atoms with Gasteiger partial charge in [0.25, 0.3) is 0 Å². The lowest BCUT2D eigenvalue weighted by atomic mass is 9.94. The molecule has 0 bridgehead atoms. The predicted octanol–water partition coefficient (Wildman–Crippen LogP) is 4.67. The standard InChI is InChI=1S/C14H30NO2PS2/c1-11(2)16-18(19,17-12(3)4)20-14-10-8-7-9-13(14)15(5)6/h11-14H,7-10H2,1-6H3. The first kappa shape index (κ1) is 18.9. The molecule has 0 aliphatic heterocycles. The molecule has 0 heterocycles. The van der Waals surface area contributed by atoms with Crippen LogP contribution in [0, 0.1) is 0 Å². The molecular weight excluding hydrogens is 309 g/mol. The maximum absolute atomic E-state index is 6.03. The van der Waals surface area contributed by atoms with Gasteiger partial charge in [0, 0.05) is 11.3 Å². The van der Waals surface area contributed by atoms with E-state index in [1.54, 1.807) is 11.4 Å². The number of hydrogen-bond donors (Lipinski definition) is 0. The Balaban J connectivity index is 2.78. The van der Waals surface area contributed by atoms with Gasteiger partial charge in [0.1, 0.15) is 0 Å². The summed E-state index contributed by atoms with van der Waals surface area (Å²) in [6.07, 6.45) is 5.32. The van der Waals surface area contributed by atoms with Gasteiger partial charge in [0.2, 0.25) is 5.69 Å². The minimum absolute atomic E-state index is 0.119. The molecule has 120 valence electrons. The van der Waals surface area contributed by atoms with Gasteiger partial charge in [-0.15, -0.1) is 0 Å². The summed E-state index contributed by atoms with van der Waals surface area (Å²) < 4.78 is 12.1. The molecule has 20 heavy (non-hydrogen) atoms. The Morgan fingerprint density at radius 2 is 1.55 bits per heavy atom. The first-order valence-electron chi connectivity index (χ1n) is 7.55. The van der Waals surface area contributed by atoms with Crippen LogP contribution < -0.4 is 0 Å². The van der Waals surface area contributed by atoms with Crippen molar-refractivity contribution in [3.63, 3.8) is 0 Å². The molecule has 6 heteroatoms. The van der Waals surface area contributed by atoms with E-state index in [-0.39, 0.29) is 12.2 Å². The van der Waals surface area contributed by atoms with E-state index >= 15 is 0 Å². The lowest BCUT2D eigenvalue weighted by Crippen LogP contribution is -2.39. The molecule has 0 aromatic rings. The van der Waals surface area contributed by atoms with Gasteiger partial charge in [-0.1, -0.05) is 24.2 Å². The van der Waals surface area contributed by atoms with Gasteiger partial charge >= 0.3 is 0 Å². The highest BCUT2D eigenvalue weighted by atomic mass is 32.9. The summed E-state index contributed by atoms with van der Waals surface area (Å²) in [5.41, 5.74) is -2.25. The first-order chi connectivity index (χ1) is 9.23. The first-order valence-corrected chi connectivity index (χ1v) is 11.7. The third-order valence-corrected chi connectivity index (χ3v) is 9.11. The minimum atomic E-state index is -2.25. The van der Waals surface area contributed by atoms with Crippen LogP contribution in [0.3, 0.4) is 0 Å². The zero-order chi connectivity index (χ0) is 15.3. The van der Waals surface area contributed by atoms with Crippen molar-refractivity contribution >= 4 is 28.9 Å². The van der Waals surface area contributed by atoms with Crippen LogP contribution in [0.25, 0.3) is 0 Å². The quantitative estimate of drug-likeness (QED) is 0.627. The molecular formula is C14H30NO2PS2. The van der Waals surface area contributed by atoms with Crippen molar-refractivity contribution in [1.82, 2.24) is 4.90 Å². The smallest absolute Gasteiger partial charge is 0.248 e. The van der Waals surface area contributed by atoms with E-state index in [4.69, 9.17) is 20.9 Å². The second-order valence-electron chi connectivity index (χ2n) is 6.21. The fourth-order valence-electron chi connectivity index (χ4n) is 2.55. The molecule has 2 unspecified atom stereocenters. The molecule has 0 amide bonds. The van der Waals surface area contributed by atoms with Crippen molar-refractivity contribution in [2.24, 2.45) is 0 Å². The zero-order valence-corrected chi connectivity index (χ0v) is 16.2. The Kier molecular flexibility index (Phi) is 8.04. The van der Waals surface area contributed by atoms with Crippen molar-refractivity contribution in [2.75, 3.05) is 14.1 Å². The van der Waals surface area contributed by atoms with Crippen LogP contribution in [-0.4, -0.2) is 42.5 Å². The highest BCUT2D eigenvalue weighted by molar-refractivity contribution is 8.68. The third kappa shape index (κ3) is 6.33. The summed E-state index contributed by atoms with van der Waals surface area (Å²) in [4.78, 5) is 2.33. The van der Waals surface area contributed by atoms with E-state index in [9.17, 15) is 0 Å². The average Bonchev–Trinajstić information content (AvgIpc) is 2.26. The molecule has 0 radical (unpaired) electrons. The lowest BCUT2D eigenvalue weighted by molar-refractivity contribution is 0.185. The number of hydrogen-bond acceptors (Lipinski definition) is 5. The van der Waals surface area contributed by atoms with E-state index in [0.29, 0.717) is 11.3 Å². The predicted molar refractivity (Wildman–Crippen MR) is 94.0 cm³/mol. The summed E-state index contributed by atoms with van der Waals surface area (Å²) >= 11 is 7.59. The highest BCUT2D eigenvalue weighted by Crippen LogP contribution is 2.65. The molecule has 1 aliphatic rings. The van der Waals surface area contributed by atoms with Crippen molar-refractivity contribution in [3.05, 3.63) is 0 Å². The maximum Gasteiger partial charge on any atom is 0.248 e. The van der Waals surface area contributed by atoms with Crippen molar-refractivity contribution in [1.29, 1.82) is 0 Å². The van der Waals surface area contributed by atoms with Crippen LogP contribution in [-0.2, 0) is 20.9 Å². The summed E-state index contributed by atoms with van der Waals surface area (Å²) in [5.74, 6) is 0. The van der Waals surface area contributed by atoms with Gasteiger partial charge in [-0.2, -0.15) is 0 Å². The summed E-state index contributed by atoms with van der Waals surface area (Å²) in [6, 6.07) is 0.586. The van der Waals surface area contributed by atoms with Crippen LogP contribution in [0.5, 0.6) is 0 Å². The topological polar surface area (TPSA) is 21.7 Å². The van der Waals surface area contributed by atoms with E-state index in [0.717, 1.165) is 0 Å². The molecule has 0 saturated heterocycles. The van der Waals surface area contributed by atoms with Gasteiger partial charge in [0.15, 0.2) is 0 Å². The van der Waals surface area contributed by atoms with Crippen molar-refractivity contribution in [3.8, 4) is 0 Å². The Hall–Kier alpha value is 0.880. The van der Waals surface area contributed by atoms with E-state index in [2.05, 4.69) is 19.0 Å². The monoisotopic (exact) mass is 339 g/mol. The molecule has 0 spiro atoms. The number of nitrogens with zero attached hydrogens (tertiary/aromatic N) is 1. The van der Waals surface area contributed by atoms with Gasteiger partial charge < -0.3 is 13.9 Å². The summed E-state index contributed by atoms with van der Waals surface area (Å²) in [6.45, 7) is 8.15. The SMILES string of the molecule is CC(C)OP(=S)(OC(C)C)SC1CCCCC1N(C)C. The molecule has 1 rings (SSSR count). The second-order valence-corrected chi connectivity index (χ2v) is 12.6. The Bertz CT molecular complexity index is 323. The van der Waals surface area contributed by atoms with Crippen LogP contribution in [0.15, 0.2) is 0 Å². The Morgan fingerprint density at radius 3 is 2.00 bits per heavy atom. The molecule has 1 aliphatic carbocycles. The summed E-state index contributed by atoms with van der Waals surface area (Å²) in [5, 5.41) is 0.530. The fourth-order valence-corrected chi connectivity index (χ4v) is 9.94. The maximum atomic E-state index is 6.03. The fraction of sp³-hybridized carbons (Fsp3) is 1.00. The van der Waals surface area contributed by atoms with E-state index in [1.165, 1.54) is 25.7 Å². The van der Waals surface area contributed by atoms with Crippen LogP contribution in [0.1, 0.15) is 53.4 Å². The Morgan fingerprint density at radius 1 is 1.05 bits per heavy atom. The van der Waals surface area contributed by atoms with Gasteiger partial charge in [-0.3, -0.25) is 0 Å². The van der Waals surface area contributed by atoms with Crippen molar-refractivity contribution in [2.45, 2.75) is 76.9 Å². The van der Waals surface area contributed by atoms with Gasteiger partial charge in [0.05, 0.1) is 12.2 Å². The molecule has 0 N–H and O–H groups in total. The molecule has 0 aromatic carbocycles. The zero-order valence-electron chi connectivity index (χ0n) is 13.7. The molecule has 2 atom stereocenters. The molecule has 1 saturated carbocycles. The third-order valence-electron chi connectivity index (χ3n) is 3.28. The minimum Gasteiger partial charge on any atom is -0.319 e. The van der Waals surface area contributed by atoms with Crippen LogP contribution in [0.4, 0.5) is 0 Å². The van der Waals surface area contributed by atoms with Gasteiger partial charge in [-0.25, -0.2) is 0 Å². The molecule has 3 nitrogen and oxygen atoms in total. The van der Waals surface area contributed by atoms with Crippen molar-refractivity contribution < 1.29 is 9.05 Å². The Labute approximate surface area is 134 Å². The normalized spacial score (nSPS) is 24.9. The van der Waals surface area contributed by atoms with Crippen LogP contribution >= 0.6 is 17.1 Å². The number of rotatable bonds is 7. The van der Waals surface area contributed by atoms with E-state index < -0.39 is 5.69 Å². The molecule has 1 fully saturated rings. The largest absolute Gasteiger partial charge is 0.319 e. The summed E-state index contributed by atoms with van der Waals surface area (Å²) in [7, 11) is 4.33. The second kappa shape index (κ2) is 8.50. The van der Waals surface area contributed by atoms with Gasteiger partial charge in [-0.05, 0) is 66.4 Å². The van der Waals surface area contributed by atoms with E-state index in [1.807, 2.05) is 27.7 Å². The average molecular weight is 340 g/mol. The molecule has 0 aromatic heterocycles. The van der Waals surface area contributed by atoms with Crippen LogP contribution in [0.2, 0.25) is 0 Å². The highest BCUT2D eigenvalue weighted by Gasteiger charge is 2.34. The lowest BCUT2D eigenvalue weighted by Gasteiger charge is -2.38.